The minimum absolute atomic E-state index is 0.282. The number of carbonyl (C=O) groups excluding carboxylic acids is 2. The quantitative estimate of drug-likeness (QED) is 0.845. The highest BCUT2D eigenvalue weighted by Crippen LogP contribution is 2.29. The minimum atomic E-state index is -0.589. The minimum Gasteiger partial charge on any atom is -0.462 e. The maximum atomic E-state index is 12.3. The Labute approximate surface area is 129 Å². The summed E-state index contributed by atoms with van der Waals surface area (Å²) in [7, 11) is 0. The first kappa shape index (κ1) is 16.1. The molecule has 7 nitrogen and oxygen atoms in total. The summed E-state index contributed by atoms with van der Waals surface area (Å²) in [6.45, 7) is 8.44. The van der Waals surface area contributed by atoms with Gasteiger partial charge >= 0.3 is 12.1 Å². The van der Waals surface area contributed by atoms with Crippen LogP contribution in [-0.2, 0) is 9.47 Å². The second kappa shape index (κ2) is 6.21. The van der Waals surface area contributed by atoms with Crippen molar-refractivity contribution in [1.29, 1.82) is 0 Å². The predicted molar refractivity (Wildman–Crippen MR) is 82.3 cm³/mol. The molecule has 0 atom stereocenters. The molecule has 7 heteroatoms. The molecule has 1 aromatic heterocycles. The second-order valence-electron chi connectivity index (χ2n) is 5.87. The average Bonchev–Trinajstić information content (AvgIpc) is 2.44. The Kier molecular flexibility index (Phi) is 4.54. The van der Waals surface area contributed by atoms with Crippen molar-refractivity contribution in [3.63, 3.8) is 0 Å². The number of hydrogen-bond acceptors (Lipinski definition) is 6. The van der Waals surface area contributed by atoms with Gasteiger partial charge < -0.3 is 14.8 Å². The first-order chi connectivity index (χ1) is 10.3. The van der Waals surface area contributed by atoms with Crippen LogP contribution in [0, 0.1) is 0 Å². The number of anilines is 2. The van der Waals surface area contributed by atoms with Crippen molar-refractivity contribution < 1.29 is 19.1 Å². The van der Waals surface area contributed by atoms with E-state index in [1.165, 1.54) is 11.1 Å². The number of nitrogens with one attached hydrogen (secondary N) is 1. The largest absolute Gasteiger partial charge is 0.462 e. The normalized spacial score (nSPS) is 13.9. The highest BCUT2D eigenvalue weighted by Gasteiger charge is 2.28. The lowest BCUT2D eigenvalue weighted by Gasteiger charge is -2.31. The standard InChI is InChI=1S/C15H21N3O4/c1-5-21-13(19)10-8-11-12(17-9-10)16-6-7-18(11)14(20)22-15(2,3)4/h8-9H,5-7H2,1-4H3,(H,16,17). The number of hydrogen-bond donors (Lipinski definition) is 1. The summed E-state index contributed by atoms with van der Waals surface area (Å²) in [5.74, 6) is 0.0812. The van der Waals surface area contributed by atoms with E-state index in [0.717, 1.165) is 0 Å². The summed E-state index contributed by atoms with van der Waals surface area (Å²) in [6, 6.07) is 1.59. The first-order valence-corrected chi connectivity index (χ1v) is 7.23. The number of carbonyl (C=O) groups is 2. The van der Waals surface area contributed by atoms with E-state index in [4.69, 9.17) is 9.47 Å². The summed E-state index contributed by atoms with van der Waals surface area (Å²) >= 11 is 0. The molecule has 0 saturated carbocycles. The lowest BCUT2D eigenvalue weighted by Crippen LogP contribution is -2.42. The van der Waals surface area contributed by atoms with Crippen LogP contribution in [0.3, 0.4) is 0 Å². The van der Waals surface area contributed by atoms with E-state index in [0.29, 0.717) is 30.2 Å². The van der Waals surface area contributed by atoms with Gasteiger partial charge in [-0.1, -0.05) is 0 Å². The molecule has 1 aliphatic rings. The molecule has 0 fully saturated rings. The number of pyridine rings is 1. The third-order valence-electron chi connectivity index (χ3n) is 2.91. The van der Waals surface area contributed by atoms with E-state index in [1.54, 1.807) is 33.8 Å². The molecule has 120 valence electrons. The average molecular weight is 307 g/mol. The Balaban J connectivity index is 2.30. The molecule has 0 aromatic carbocycles. The molecule has 1 aromatic rings. The van der Waals surface area contributed by atoms with E-state index >= 15 is 0 Å². The van der Waals surface area contributed by atoms with Crippen LogP contribution < -0.4 is 10.2 Å². The highest BCUT2D eigenvalue weighted by molar-refractivity contribution is 5.96. The summed E-state index contributed by atoms with van der Waals surface area (Å²) < 4.78 is 10.4. The molecule has 1 N–H and O–H groups in total. The molecular weight excluding hydrogens is 286 g/mol. The fourth-order valence-corrected chi connectivity index (χ4v) is 2.03. The molecule has 0 bridgehead atoms. The number of esters is 1. The number of fused-ring (bicyclic) bond motifs is 1. The number of ether oxygens (including phenoxy) is 2. The van der Waals surface area contributed by atoms with Crippen LogP contribution >= 0.6 is 0 Å². The van der Waals surface area contributed by atoms with E-state index in [-0.39, 0.29) is 6.61 Å². The monoisotopic (exact) mass is 307 g/mol. The summed E-state index contributed by atoms with van der Waals surface area (Å²) in [4.78, 5) is 29.8. The molecular formula is C15H21N3O4. The van der Waals surface area contributed by atoms with E-state index < -0.39 is 17.7 Å². The van der Waals surface area contributed by atoms with E-state index in [9.17, 15) is 9.59 Å². The van der Waals surface area contributed by atoms with Gasteiger partial charge in [0.2, 0.25) is 0 Å². The van der Waals surface area contributed by atoms with Gasteiger partial charge in [0, 0.05) is 19.3 Å². The Morgan fingerprint density at radius 1 is 1.41 bits per heavy atom. The Bertz CT molecular complexity index is 581. The number of rotatable bonds is 2. The van der Waals surface area contributed by atoms with Gasteiger partial charge in [-0.15, -0.1) is 0 Å². The van der Waals surface area contributed by atoms with Gasteiger partial charge in [-0.3, -0.25) is 4.90 Å². The Morgan fingerprint density at radius 3 is 2.77 bits per heavy atom. The van der Waals surface area contributed by atoms with Gasteiger partial charge in [0.15, 0.2) is 0 Å². The third-order valence-corrected chi connectivity index (χ3v) is 2.91. The third kappa shape index (κ3) is 3.66. The van der Waals surface area contributed by atoms with Gasteiger partial charge in [-0.05, 0) is 33.8 Å². The molecule has 22 heavy (non-hydrogen) atoms. The van der Waals surface area contributed by atoms with Gasteiger partial charge in [-0.25, -0.2) is 14.6 Å². The van der Waals surface area contributed by atoms with Crippen LogP contribution in [0.4, 0.5) is 16.3 Å². The van der Waals surface area contributed by atoms with Crippen molar-refractivity contribution in [2.24, 2.45) is 0 Å². The van der Waals surface area contributed by atoms with E-state index in [2.05, 4.69) is 10.3 Å². The summed E-state index contributed by atoms with van der Waals surface area (Å²) in [5.41, 5.74) is 0.234. The zero-order valence-electron chi connectivity index (χ0n) is 13.3. The molecule has 0 unspecified atom stereocenters. The number of nitrogens with zero attached hydrogens (tertiary/aromatic N) is 2. The fourth-order valence-electron chi connectivity index (χ4n) is 2.03. The molecule has 0 saturated heterocycles. The van der Waals surface area contributed by atoms with Crippen molar-refractivity contribution in [2.45, 2.75) is 33.3 Å². The summed E-state index contributed by atoms with van der Waals surface area (Å²) in [6.07, 6.45) is 0.973. The van der Waals surface area contributed by atoms with Crippen molar-refractivity contribution in [2.75, 3.05) is 29.9 Å². The number of amides is 1. The predicted octanol–water partition coefficient (Wildman–Crippen LogP) is 2.43. The van der Waals surface area contributed by atoms with Crippen LogP contribution in [0.1, 0.15) is 38.1 Å². The summed E-state index contributed by atoms with van der Waals surface area (Å²) in [5, 5.41) is 3.10. The van der Waals surface area contributed by atoms with Crippen molar-refractivity contribution in [3.8, 4) is 0 Å². The lowest BCUT2D eigenvalue weighted by molar-refractivity contribution is 0.0522. The molecule has 2 heterocycles. The van der Waals surface area contributed by atoms with E-state index in [1.807, 2.05) is 0 Å². The van der Waals surface area contributed by atoms with Crippen LogP contribution in [0.25, 0.3) is 0 Å². The van der Waals surface area contributed by atoms with Gasteiger partial charge in [0.05, 0.1) is 17.9 Å². The molecule has 1 aliphatic heterocycles. The number of aromatic nitrogens is 1. The molecule has 0 radical (unpaired) electrons. The zero-order valence-corrected chi connectivity index (χ0v) is 13.3. The second-order valence-corrected chi connectivity index (χ2v) is 5.87. The first-order valence-electron chi connectivity index (χ1n) is 7.23. The lowest BCUT2D eigenvalue weighted by atomic mass is 10.2. The Morgan fingerprint density at radius 2 is 2.14 bits per heavy atom. The topological polar surface area (TPSA) is 80.8 Å². The van der Waals surface area contributed by atoms with Gasteiger partial charge in [0.25, 0.3) is 0 Å². The maximum absolute atomic E-state index is 12.3. The maximum Gasteiger partial charge on any atom is 0.414 e. The van der Waals surface area contributed by atoms with Gasteiger partial charge in [0.1, 0.15) is 11.4 Å². The van der Waals surface area contributed by atoms with Crippen molar-refractivity contribution >= 4 is 23.6 Å². The highest BCUT2D eigenvalue weighted by atomic mass is 16.6. The van der Waals surface area contributed by atoms with Gasteiger partial charge in [-0.2, -0.15) is 0 Å². The Hall–Kier alpha value is -2.31. The molecule has 0 aliphatic carbocycles. The SMILES string of the molecule is CCOC(=O)c1cnc2c(c1)N(C(=O)OC(C)(C)C)CCN2. The molecule has 0 spiro atoms. The van der Waals surface area contributed by atoms with Crippen molar-refractivity contribution in [1.82, 2.24) is 4.98 Å². The molecule has 1 amide bonds. The van der Waals surface area contributed by atoms with Crippen LogP contribution in [0.15, 0.2) is 12.3 Å². The van der Waals surface area contributed by atoms with Crippen LogP contribution in [0.2, 0.25) is 0 Å². The van der Waals surface area contributed by atoms with Crippen molar-refractivity contribution in [3.05, 3.63) is 17.8 Å². The zero-order chi connectivity index (χ0) is 16.3. The van der Waals surface area contributed by atoms with Crippen LogP contribution in [-0.4, -0.2) is 42.3 Å². The smallest absolute Gasteiger partial charge is 0.414 e. The van der Waals surface area contributed by atoms with Crippen LogP contribution in [0.5, 0.6) is 0 Å². The molecule has 2 rings (SSSR count). The fraction of sp³-hybridized carbons (Fsp3) is 0.533.